The van der Waals surface area contributed by atoms with Crippen LogP contribution in [0.1, 0.15) is 70.7 Å². The molecule has 1 aromatic heterocycles. The van der Waals surface area contributed by atoms with Crippen LogP contribution in [0.5, 0.6) is 5.75 Å². The summed E-state index contributed by atoms with van der Waals surface area (Å²) >= 11 is 0. The summed E-state index contributed by atoms with van der Waals surface area (Å²) in [5, 5.41) is 0. The zero-order valence-corrected chi connectivity index (χ0v) is 21.9. The molecule has 0 aliphatic heterocycles. The first kappa shape index (κ1) is 29.1. The van der Waals surface area contributed by atoms with Crippen molar-refractivity contribution in [2.24, 2.45) is 5.92 Å². The number of alkyl halides is 3. The predicted octanol–water partition coefficient (Wildman–Crippen LogP) is 7.77. The molecule has 5 nitrogen and oxygen atoms in total. The van der Waals surface area contributed by atoms with E-state index in [1.807, 2.05) is 18.9 Å². The van der Waals surface area contributed by atoms with Crippen LogP contribution in [0, 0.1) is 12.8 Å². The van der Waals surface area contributed by atoms with Crippen LogP contribution < -0.4 is 9.64 Å². The van der Waals surface area contributed by atoms with Gasteiger partial charge in [-0.25, -0.2) is 9.97 Å². The number of nitrogens with zero attached hydrogens (tertiary/aromatic N) is 3. The maximum absolute atomic E-state index is 12.5. The van der Waals surface area contributed by atoms with Crippen molar-refractivity contribution in [3.8, 4) is 17.0 Å². The Morgan fingerprint density at radius 3 is 2.22 bits per heavy atom. The Bertz CT molecular complexity index is 1070. The molecule has 0 N–H and O–H groups in total. The second-order valence-electron chi connectivity index (χ2n) is 9.15. The fourth-order valence-electron chi connectivity index (χ4n) is 3.91. The van der Waals surface area contributed by atoms with E-state index in [1.165, 1.54) is 30.7 Å². The molecule has 0 unspecified atom stereocenters. The zero-order chi connectivity index (χ0) is 27.0. The molecule has 1 fully saturated rings. The average Bonchev–Trinajstić information content (AvgIpc) is 2.79. The normalized spacial score (nSPS) is 17.4. The van der Waals surface area contributed by atoms with E-state index in [-0.39, 0.29) is 11.5 Å². The molecule has 3 rings (SSSR count). The number of anilines is 1. The van der Waals surface area contributed by atoms with Gasteiger partial charge in [-0.1, -0.05) is 32.4 Å². The van der Waals surface area contributed by atoms with Gasteiger partial charge in [-0.2, -0.15) is 0 Å². The molecule has 1 aliphatic carbocycles. The molecule has 1 aliphatic rings. The van der Waals surface area contributed by atoms with Crippen LogP contribution in [0.2, 0.25) is 0 Å². The van der Waals surface area contributed by atoms with Gasteiger partial charge in [0.05, 0.1) is 5.69 Å². The monoisotopic (exact) mass is 503 g/mol. The summed E-state index contributed by atoms with van der Waals surface area (Å²) in [5.74, 6) is 2.44. The summed E-state index contributed by atoms with van der Waals surface area (Å²) < 4.78 is 41.5. The summed E-state index contributed by atoms with van der Waals surface area (Å²) in [4.78, 5) is 21.5. The zero-order valence-electron chi connectivity index (χ0n) is 21.9. The summed E-state index contributed by atoms with van der Waals surface area (Å²) in [6.45, 7) is 13.0. The number of carbonyl (C=O) groups is 1. The van der Waals surface area contributed by atoms with Gasteiger partial charge in [-0.3, -0.25) is 4.79 Å². The molecule has 2 aromatic rings. The summed E-state index contributed by atoms with van der Waals surface area (Å²) in [6.07, 6.45) is 2.88. The molecule has 1 aromatic carbocycles. The number of carbonyl (C=O) groups excluding carboxylic acids is 1. The Morgan fingerprint density at radius 1 is 1.17 bits per heavy atom. The van der Waals surface area contributed by atoms with Gasteiger partial charge in [0, 0.05) is 30.3 Å². The van der Waals surface area contributed by atoms with Gasteiger partial charge < -0.3 is 9.64 Å². The van der Waals surface area contributed by atoms with Gasteiger partial charge in [-0.05, 0) is 76.3 Å². The van der Waals surface area contributed by atoms with Crippen molar-refractivity contribution in [3.63, 3.8) is 0 Å². The lowest BCUT2D eigenvalue weighted by Gasteiger charge is -2.34. The Labute approximate surface area is 212 Å². The largest absolute Gasteiger partial charge is 0.573 e. The number of allylic oxidation sites excluding steroid dienone is 2. The number of hydrogen-bond acceptors (Lipinski definition) is 5. The highest BCUT2D eigenvalue weighted by atomic mass is 19.4. The van der Waals surface area contributed by atoms with Crippen molar-refractivity contribution < 1.29 is 22.7 Å². The predicted molar refractivity (Wildman–Crippen MR) is 138 cm³/mol. The van der Waals surface area contributed by atoms with Gasteiger partial charge >= 0.3 is 6.36 Å². The third kappa shape index (κ3) is 8.21. The lowest BCUT2D eigenvalue weighted by atomic mass is 9.73. The van der Waals surface area contributed by atoms with E-state index in [0.29, 0.717) is 11.8 Å². The van der Waals surface area contributed by atoms with E-state index >= 15 is 0 Å². The number of aromatic nitrogens is 2. The lowest BCUT2D eigenvalue weighted by molar-refractivity contribution is -0.274. The van der Waals surface area contributed by atoms with Crippen LogP contribution in [0.15, 0.2) is 48.7 Å². The fraction of sp³-hybridized carbons (Fsp3) is 0.464. The second kappa shape index (κ2) is 12.7. The van der Waals surface area contributed by atoms with Crippen LogP contribution in [-0.2, 0) is 4.79 Å². The summed E-state index contributed by atoms with van der Waals surface area (Å²) in [6, 6.07) is 5.88. The quantitative estimate of drug-likeness (QED) is 0.345. The van der Waals surface area contributed by atoms with E-state index in [0.717, 1.165) is 54.1 Å². The molecule has 0 atom stereocenters. The van der Waals surface area contributed by atoms with Crippen molar-refractivity contribution in [2.75, 3.05) is 11.9 Å². The van der Waals surface area contributed by atoms with Crippen molar-refractivity contribution in [1.82, 2.24) is 9.97 Å². The Morgan fingerprint density at radius 2 is 1.75 bits per heavy atom. The second-order valence-corrected chi connectivity index (χ2v) is 9.15. The van der Waals surface area contributed by atoms with Gasteiger partial charge in [0.2, 0.25) is 0 Å². The number of benzene rings is 1. The average molecular weight is 504 g/mol. The molecule has 0 radical (unpaired) electrons. The minimum absolute atomic E-state index is 0.0185. The SMILES string of the molecule is C=CC(C)=O.CC/C(C)=C/N(C)c1nc(C2CC(CC)C2)nc(-c2ccc(OC(F)(F)F)cc2)c1C. The molecular weight excluding hydrogens is 467 g/mol. The molecular formula is C28H36F3N3O2. The third-order valence-electron chi connectivity index (χ3n) is 6.27. The van der Waals surface area contributed by atoms with E-state index in [9.17, 15) is 18.0 Å². The van der Waals surface area contributed by atoms with Crippen molar-refractivity contribution >= 4 is 11.6 Å². The Kier molecular flexibility index (Phi) is 10.3. The van der Waals surface area contributed by atoms with Crippen molar-refractivity contribution in [2.45, 2.75) is 72.6 Å². The first-order valence-electron chi connectivity index (χ1n) is 12.2. The van der Waals surface area contributed by atoms with Crippen LogP contribution in [-0.4, -0.2) is 29.2 Å². The summed E-state index contributed by atoms with van der Waals surface area (Å²) in [7, 11) is 1.97. The van der Waals surface area contributed by atoms with Gasteiger partial charge in [0.25, 0.3) is 0 Å². The van der Waals surface area contributed by atoms with Crippen molar-refractivity contribution in [3.05, 3.63) is 60.1 Å². The number of ketones is 1. The van der Waals surface area contributed by atoms with Gasteiger partial charge in [0.15, 0.2) is 5.78 Å². The maximum atomic E-state index is 12.5. The number of ether oxygens (including phenoxy) is 1. The Hall–Kier alpha value is -3.16. The highest BCUT2D eigenvalue weighted by Crippen LogP contribution is 2.43. The van der Waals surface area contributed by atoms with E-state index in [1.54, 1.807) is 12.1 Å². The molecule has 8 heteroatoms. The lowest BCUT2D eigenvalue weighted by Crippen LogP contribution is -2.24. The Balaban J connectivity index is 0.000000830. The first-order valence-corrected chi connectivity index (χ1v) is 12.2. The third-order valence-corrected chi connectivity index (χ3v) is 6.27. The highest BCUT2D eigenvalue weighted by molar-refractivity contribution is 5.86. The molecule has 0 saturated heterocycles. The number of rotatable bonds is 8. The molecule has 0 spiro atoms. The smallest absolute Gasteiger partial charge is 0.406 e. The number of hydrogen-bond donors (Lipinski definition) is 0. The minimum Gasteiger partial charge on any atom is -0.406 e. The molecule has 0 amide bonds. The summed E-state index contributed by atoms with van der Waals surface area (Å²) in [5.41, 5.74) is 3.61. The van der Waals surface area contributed by atoms with Gasteiger partial charge in [-0.15, -0.1) is 13.2 Å². The molecule has 1 heterocycles. The number of halogens is 3. The topological polar surface area (TPSA) is 55.3 Å². The van der Waals surface area contributed by atoms with Gasteiger partial charge in [0.1, 0.15) is 17.4 Å². The van der Waals surface area contributed by atoms with Crippen LogP contribution in [0.4, 0.5) is 19.0 Å². The van der Waals surface area contributed by atoms with Crippen LogP contribution in [0.3, 0.4) is 0 Å². The van der Waals surface area contributed by atoms with Crippen LogP contribution >= 0.6 is 0 Å². The van der Waals surface area contributed by atoms with Crippen molar-refractivity contribution in [1.29, 1.82) is 0 Å². The highest BCUT2D eigenvalue weighted by Gasteiger charge is 2.33. The van der Waals surface area contributed by atoms with E-state index in [4.69, 9.17) is 9.97 Å². The minimum atomic E-state index is -4.71. The van der Waals surface area contributed by atoms with E-state index in [2.05, 4.69) is 38.3 Å². The molecule has 0 bridgehead atoms. The molecule has 196 valence electrons. The fourth-order valence-corrected chi connectivity index (χ4v) is 3.91. The molecule has 1 saturated carbocycles. The maximum Gasteiger partial charge on any atom is 0.573 e. The molecule has 36 heavy (non-hydrogen) atoms. The van der Waals surface area contributed by atoms with E-state index < -0.39 is 6.36 Å². The van der Waals surface area contributed by atoms with Crippen LogP contribution in [0.25, 0.3) is 11.3 Å². The first-order chi connectivity index (χ1) is 16.9. The standard InChI is InChI=1S/C24H30F3N3O.C4H6O/c1-6-15(3)14-30(5)23-16(4)21(28-22(29-23)19-12-17(7-2)13-19)18-8-10-20(11-9-18)31-24(25,26)27;1-3-4(2)5/h8-11,14,17,19H,6-7,12-13H2,1-5H3;3H,1H2,2H3/b15-14+;.